The van der Waals surface area contributed by atoms with Gasteiger partial charge in [0.15, 0.2) is 0 Å². The monoisotopic (exact) mass is 427 g/mol. The molecule has 1 fully saturated rings. The summed E-state index contributed by atoms with van der Waals surface area (Å²) in [6.07, 6.45) is -3.05. The maximum absolute atomic E-state index is 12.8. The van der Waals surface area contributed by atoms with Crippen LogP contribution in [0.3, 0.4) is 0 Å². The van der Waals surface area contributed by atoms with Crippen molar-refractivity contribution >= 4 is 15.9 Å². The Morgan fingerprint density at radius 2 is 1.76 bits per heavy atom. The standard InChI is InChI=1S/C19H20F3N3O3S/c1-13-3-4-15(11-23-13)18(26)25-10-9-24(12-14(25)2)29(27,28)17-7-5-16(6-8-17)19(20,21)22/h3-8,11,14H,9-10,12H2,1-2H3. The summed E-state index contributed by atoms with van der Waals surface area (Å²) in [7, 11) is -3.96. The van der Waals surface area contributed by atoms with Crippen LogP contribution in [-0.4, -0.2) is 54.2 Å². The zero-order valence-electron chi connectivity index (χ0n) is 15.8. The highest BCUT2D eigenvalue weighted by atomic mass is 32.2. The Morgan fingerprint density at radius 1 is 1.10 bits per heavy atom. The van der Waals surface area contributed by atoms with Gasteiger partial charge in [-0.25, -0.2) is 8.42 Å². The lowest BCUT2D eigenvalue weighted by Crippen LogP contribution is -2.55. The maximum Gasteiger partial charge on any atom is 0.416 e. The number of halogens is 3. The Hall–Kier alpha value is -2.46. The summed E-state index contributed by atoms with van der Waals surface area (Å²) in [5.74, 6) is -0.239. The number of aryl methyl sites for hydroxylation is 1. The fourth-order valence-corrected chi connectivity index (χ4v) is 4.68. The van der Waals surface area contributed by atoms with E-state index in [1.807, 2.05) is 6.92 Å². The van der Waals surface area contributed by atoms with Crippen molar-refractivity contribution < 1.29 is 26.4 Å². The smallest absolute Gasteiger partial charge is 0.333 e. The molecule has 0 saturated carbocycles. The number of sulfonamides is 1. The second-order valence-electron chi connectivity index (χ2n) is 6.92. The summed E-state index contributed by atoms with van der Waals surface area (Å²) in [5.41, 5.74) is 0.287. The Bertz CT molecular complexity index is 990. The van der Waals surface area contributed by atoms with Gasteiger partial charge in [-0.15, -0.1) is 0 Å². The van der Waals surface area contributed by atoms with Crippen LogP contribution >= 0.6 is 0 Å². The average molecular weight is 427 g/mol. The minimum Gasteiger partial charge on any atom is -0.333 e. The minimum atomic E-state index is -4.53. The van der Waals surface area contributed by atoms with Crippen LogP contribution in [0.4, 0.5) is 13.2 Å². The quantitative estimate of drug-likeness (QED) is 0.755. The number of alkyl halides is 3. The summed E-state index contributed by atoms with van der Waals surface area (Å²) < 4.78 is 64.9. The number of carbonyl (C=O) groups is 1. The third kappa shape index (κ3) is 4.43. The van der Waals surface area contributed by atoms with Gasteiger partial charge < -0.3 is 4.90 Å². The van der Waals surface area contributed by atoms with Crippen molar-refractivity contribution in [1.29, 1.82) is 0 Å². The second-order valence-corrected chi connectivity index (χ2v) is 8.86. The van der Waals surface area contributed by atoms with Gasteiger partial charge in [0.2, 0.25) is 10.0 Å². The van der Waals surface area contributed by atoms with Crippen molar-refractivity contribution in [3.63, 3.8) is 0 Å². The van der Waals surface area contributed by atoms with Gasteiger partial charge in [0, 0.05) is 37.6 Å². The van der Waals surface area contributed by atoms with E-state index in [4.69, 9.17) is 0 Å². The summed E-state index contributed by atoms with van der Waals surface area (Å²) in [4.78, 5) is 18.2. The topological polar surface area (TPSA) is 70.6 Å². The lowest BCUT2D eigenvalue weighted by Gasteiger charge is -2.39. The van der Waals surface area contributed by atoms with Crippen molar-refractivity contribution in [1.82, 2.24) is 14.2 Å². The van der Waals surface area contributed by atoms with Crippen LogP contribution in [0.15, 0.2) is 47.5 Å². The molecule has 2 heterocycles. The Balaban J connectivity index is 1.74. The van der Waals surface area contributed by atoms with E-state index in [2.05, 4.69) is 4.98 Å². The summed E-state index contributed by atoms with van der Waals surface area (Å²) in [6.45, 7) is 3.82. The normalized spacial score (nSPS) is 18.7. The second kappa shape index (κ2) is 7.75. The van der Waals surface area contributed by atoms with Gasteiger partial charge in [0.1, 0.15) is 0 Å². The molecule has 156 valence electrons. The number of hydrogen-bond donors (Lipinski definition) is 0. The van der Waals surface area contributed by atoms with E-state index in [0.29, 0.717) is 5.56 Å². The first-order chi connectivity index (χ1) is 13.5. The van der Waals surface area contributed by atoms with E-state index in [1.54, 1.807) is 24.0 Å². The molecule has 1 aromatic carbocycles. The summed E-state index contributed by atoms with van der Waals surface area (Å²) in [6, 6.07) is 6.41. The van der Waals surface area contributed by atoms with E-state index < -0.39 is 27.8 Å². The highest BCUT2D eigenvalue weighted by molar-refractivity contribution is 7.89. The van der Waals surface area contributed by atoms with Crippen LogP contribution in [0.1, 0.15) is 28.5 Å². The third-order valence-corrected chi connectivity index (χ3v) is 6.71. The predicted octanol–water partition coefficient (Wildman–Crippen LogP) is 2.94. The molecule has 0 bridgehead atoms. The van der Waals surface area contributed by atoms with Crippen LogP contribution in [0.25, 0.3) is 0 Å². The van der Waals surface area contributed by atoms with Gasteiger partial charge in [0.25, 0.3) is 5.91 Å². The number of benzene rings is 1. The zero-order chi connectivity index (χ0) is 21.4. The van der Waals surface area contributed by atoms with Crippen LogP contribution in [-0.2, 0) is 16.2 Å². The SMILES string of the molecule is Cc1ccc(C(=O)N2CCN(S(=O)(=O)c3ccc(C(F)(F)F)cc3)CC2C)cn1. The molecule has 6 nitrogen and oxygen atoms in total. The maximum atomic E-state index is 12.8. The summed E-state index contributed by atoms with van der Waals surface area (Å²) >= 11 is 0. The largest absolute Gasteiger partial charge is 0.416 e. The number of hydrogen-bond acceptors (Lipinski definition) is 4. The van der Waals surface area contributed by atoms with Crippen LogP contribution < -0.4 is 0 Å². The van der Waals surface area contributed by atoms with E-state index in [-0.39, 0.29) is 30.4 Å². The number of amides is 1. The highest BCUT2D eigenvalue weighted by Gasteiger charge is 2.35. The minimum absolute atomic E-state index is 0.0500. The molecule has 1 aliphatic heterocycles. The first-order valence-electron chi connectivity index (χ1n) is 8.91. The van der Waals surface area contributed by atoms with Gasteiger partial charge in [0.05, 0.1) is 16.0 Å². The van der Waals surface area contributed by atoms with Gasteiger partial charge in [-0.3, -0.25) is 9.78 Å². The Morgan fingerprint density at radius 3 is 2.28 bits per heavy atom. The molecule has 0 spiro atoms. The Kier molecular flexibility index (Phi) is 5.68. The number of nitrogens with zero attached hydrogens (tertiary/aromatic N) is 3. The zero-order valence-corrected chi connectivity index (χ0v) is 16.7. The van der Waals surface area contributed by atoms with Gasteiger partial charge in [-0.05, 0) is 50.2 Å². The third-order valence-electron chi connectivity index (χ3n) is 4.83. The fraction of sp³-hybridized carbons (Fsp3) is 0.368. The van der Waals surface area contributed by atoms with Crippen LogP contribution in [0.2, 0.25) is 0 Å². The number of piperazine rings is 1. The molecule has 0 N–H and O–H groups in total. The molecule has 1 aromatic heterocycles. The van der Waals surface area contributed by atoms with Gasteiger partial charge in [-0.2, -0.15) is 17.5 Å². The molecule has 0 radical (unpaired) electrons. The molecule has 1 unspecified atom stereocenters. The van der Waals surface area contributed by atoms with E-state index in [0.717, 1.165) is 30.0 Å². The van der Waals surface area contributed by atoms with E-state index >= 15 is 0 Å². The van der Waals surface area contributed by atoms with Crippen molar-refractivity contribution in [2.75, 3.05) is 19.6 Å². The molecule has 10 heteroatoms. The summed E-state index contributed by atoms with van der Waals surface area (Å²) in [5, 5.41) is 0. The number of pyridine rings is 1. The van der Waals surface area contributed by atoms with Crippen molar-refractivity contribution in [3.05, 3.63) is 59.4 Å². The number of rotatable bonds is 3. The molecular formula is C19H20F3N3O3S. The molecule has 1 aliphatic rings. The molecule has 1 saturated heterocycles. The molecular weight excluding hydrogens is 407 g/mol. The van der Waals surface area contributed by atoms with Crippen molar-refractivity contribution in [2.45, 2.75) is 31.0 Å². The number of carbonyl (C=O) groups excluding carboxylic acids is 1. The van der Waals surface area contributed by atoms with E-state index in [1.165, 1.54) is 10.5 Å². The molecule has 1 amide bonds. The number of aromatic nitrogens is 1. The molecule has 2 aromatic rings. The van der Waals surface area contributed by atoms with Gasteiger partial charge in [-0.1, -0.05) is 0 Å². The van der Waals surface area contributed by atoms with E-state index in [9.17, 15) is 26.4 Å². The Labute approximate surface area is 167 Å². The lowest BCUT2D eigenvalue weighted by atomic mass is 10.1. The fourth-order valence-electron chi connectivity index (χ4n) is 3.17. The molecule has 3 rings (SSSR count). The van der Waals surface area contributed by atoms with Crippen LogP contribution in [0, 0.1) is 6.92 Å². The molecule has 0 aliphatic carbocycles. The van der Waals surface area contributed by atoms with Crippen LogP contribution in [0.5, 0.6) is 0 Å². The van der Waals surface area contributed by atoms with Gasteiger partial charge >= 0.3 is 6.18 Å². The first kappa shape index (κ1) is 21.3. The predicted molar refractivity (Wildman–Crippen MR) is 99.7 cm³/mol. The van der Waals surface area contributed by atoms with Crippen molar-refractivity contribution in [3.8, 4) is 0 Å². The average Bonchev–Trinajstić information content (AvgIpc) is 2.67. The first-order valence-corrected chi connectivity index (χ1v) is 10.3. The molecule has 1 atom stereocenters. The highest BCUT2D eigenvalue weighted by Crippen LogP contribution is 2.30. The molecule has 29 heavy (non-hydrogen) atoms. The van der Waals surface area contributed by atoms with Crippen molar-refractivity contribution in [2.24, 2.45) is 0 Å². The lowest BCUT2D eigenvalue weighted by molar-refractivity contribution is -0.137.